The summed E-state index contributed by atoms with van der Waals surface area (Å²) in [4.78, 5) is 29.2. The molecule has 0 bridgehead atoms. The number of anilines is 2. The first-order valence-corrected chi connectivity index (χ1v) is 9.53. The summed E-state index contributed by atoms with van der Waals surface area (Å²) >= 11 is 0. The molecule has 1 aliphatic rings. The smallest absolute Gasteiger partial charge is 0.416 e. The molecule has 0 amide bonds. The topological polar surface area (TPSA) is 136 Å². The fraction of sp³-hybridized carbons (Fsp3) is 0.211. The summed E-state index contributed by atoms with van der Waals surface area (Å²) in [5.74, 6) is -0.327. The zero-order valence-corrected chi connectivity index (χ0v) is 16.2. The molecule has 5 rings (SSSR count). The molecule has 0 atom stereocenters. The number of nitrogens with one attached hydrogen (secondary N) is 3. The lowest BCUT2D eigenvalue weighted by Crippen LogP contribution is -2.24. The minimum atomic E-state index is -4.49. The van der Waals surface area contributed by atoms with Gasteiger partial charge in [-0.2, -0.15) is 32.8 Å². The molecule has 3 heterocycles. The molecule has 3 aromatic heterocycles. The van der Waals surface area contributed by atoms with Gasteiger partial charge in [-0.1, -0.05) is 6.07 Å². The highest BCUT2D eigenvalue weighted by Gasteiger charge is 2.30. The Bertz CT molecular complexity index is 1500. The van der Waals surface area contributed by atoms with E-state index in [-0.39, 0.29) is 40.5 Å². The first-order chi connectivity index (χ1) is 15.3. The second-order valence-electron chi connectivity index (χ2n) is 7.23. The number of nitrogens with zero attached hydrogens (tertiary/aromatic N) is 5. The normalized spacial score (nSPS) is 15.6. The van der Waals surface area contributed by atoms with E-state index in [1.165, 1.54) is 28.9 Å². The van der Waals surface area contributed by atoms with Crippen molar-refractivity contribution in [3.63, 3.8) is 0 Å². The number of hydrogen-bond donors (Lipinski definition) is 4. The van der Waals surface area contributed by atoms with Gasteiger partial charge in [0.1, 0.15) is 5.69 Å². The minimum absolute atomic E-state index is 0.0261. The molecule has 1 saturated carbocycles. The van der Waals surface area contributed by atoms with E-state index in [4.69, 9.17) is 0 Å². The van der Waals surface area contributed by atoms with Crippen molar-refractivity contribution in [2.24, 2.45) is 4.99 Å². The van der Waals surface area contributed by atoms with Crippen LogP contribution < -0.4 is 21.8 Å². The van der Waals surface area contributed by atoms with Crippen molar-refractivity contribution in [3.8, 4) is 5.88 Å². The molecular formula is C19H15F3N8O2. The number of H-pyrrole nitrogens is 2. The zero-order chi connectivity index (χ0) is 22.5. The first kappa shape index (κ1) is 19.8. The zero-order valence-electron chi connectivity index (χ0n) is 16.2. The first-order valence-electron chi connectivity index (χ1n) is 9.53. The van der Waals surface area contributed by atoms with Crippen LogP contribution in [0.2, 0.25) is 0 Å². The molecule has 0 aliphatic heterocycles. The third-order valence-electron chi connectivity index (χ3n) is 4.70. The molecule has 32 heavy (non-hydrogen) atoms. The van der Waals surface area contributed by atoms with Gasteiger partial charge in [-0.15, -0.1) is 0 Å². The quantitative estimate of drug-likeness (QED) is 0.374. The highest BCUT2D eigenvalue weighted by atomic mass is 19.4. The van der Waals surface area contributed by atoms with E-state index in [0.29, 0.717) is 5.22 Å². The van der Waals surface area contributed by atoms with Gasteiger partial charge in [0.05, 0.1) is 17.8 Å². The SMILES string of the molecule is O=c1[nH]c(O)c(C=c2cnn3c(=NC4CC4)nc(Nc4cccc(C(F)(F)F)c4)nc23)[nH]1. The summed E-state index contributed by atoms with van der Waals surface area (Å²) in [6.07, 6.45) is 0.228. The van der Waals surface area contributed by atoms with Gasteiger partial charge in [0, 0.05) is 10.9 Å². The van der Waals surface area contributed by atoms with Crippen molar-refractivity contribution in [1.29, 1.82) is 0 Å². The van der Waals surface area contributed by atoms with Crippen molar-refractivity contribution in [1.82, 2.24) is 29.5 Å². The van der Waals surface area contributed by atoms with Crippen LogP contribution in [0.5, 0.6) is 5.88 Å². The van der Waals surface area contributed by atoms with Gasteiger partial charge in [-0.25, -0.2) is 9.79 Å². The minimum Gasteiger partial charge on any atom is -0.493 e. The van der Waals surface area contributed by atoms with Crippen LogP contribution in [0.3, 0.4) is 0 Å². The van der Waals surface area contributed by atoms with Gasteiger partial charge >= 0.3 is 11.9 Å². The number of fused-ring (bicyclic) bond motifs is 1. The van der Waals surface area contributed by atoms with Crippen LogP contribution in [0.4, 0.5) is 24.8 Å². The Morgan fingerprint density at radius 1 is 1.25 bits per heavy atom. The second kappa shape index (κ2) is 7.21. The van der Waals surface area contributed by atoms with Crippen LogP contribution in [0.15, 0.2) is 40.2 Å². The van der Waals surface area contributed by atoms with E-state index in [9.17, 15) is 23.1 Å². The second-order valence-corrected chi connectivity index (χ2v) is 7.23. The summed E-state index contributed by atoms with van der Waals surface area (Å²) in [6, 6.07) is 4.76. The van der Waals surface area contributed by atoms with E-state index in [0.717, 1.165) is 25.0 Å². The van der Waals surface area contributed by atoms with Gasteiger partial charge in [0.2, 0.25) is 11.8 Å². The maximum atomic E-state index is 13.0. The fourth-order valence-electron chi connectivity index (χ4n) is 3.04. The third kappa shape index (κ3) is 3.91. The molecule has 0 saturated heterocycles. The standard InChI is InChI=1S/C19H15F3N8O2/c20-19(21,22)10-2-1-3-12(7-10)24-16-27-14-9(6-13-15(31)28-18(32)26-13)8-23-30(14)17(29-16)25-11-4-5-11/h1-3,6-8,11,31H,4-5H2,(H,24,25,29)(H2,26,28,32). The lowest BCUT2D eigenvalue weighted by molar-refractivity contribution is -0.137. The van der Waals surface area contributed by atoms with Crippen molar-refractivity contribution in [3.05, 3.63) is 63.0 Å². The lowest BCUT2D eigenvalue weighted by Gasteiger charge is -2.09. The van der Waals surface area contributed by atoms with Crippen molar-refractivity contribution < 1.29 is 18.3 Å². The summed E-state index contributed by atoms with van der Waals surface area (Å²) in [5, 5.41) is 17.3. The monoisotopic (exact) mass is 444 g/mol. The van der Waals surface area contributed by atoms with Crippen LogP contribution >= 0.6 is 0 Å². The molecule has 4 aromatic rings. The van der Waals surface area contributed by atoms with Crippen LogP contribution in [0.1, 0.15) is 24.1 Å². The molecule has 13 heteroatoms. The molecular weight excluding hydrogens is 429 g/mol. The van der Waals surface area contributed by atoms with Gasteiger partial charge < -0.3 is 15.4 Å². The Morgan fingerprint density at radius 2 is 2.06 bits per heavy atom. The van der Waals surface area contributed by atoms with Gasteiger partial charge in [-0.3, -0.25) is 4.98 Å². The number of benzene rings is 1. The largest absolute Gasteiger partial charge is 0.493 e. The van der Waals surface area contributed by atoms with E-state index >= 15 is 0 Å². The third-order valence-corrected chi connectivity index (χ3v) is 4.70. The van der Waals surface area contributed by atoms with Gasteiger partial charge in [0.15, 0.2) is 5.65 Å². The highest BCUT2D eigenvalue weighted by molar-refractivity contribution is 5.59. The van der Waals surface area contributed by atoms with Crippen LogP contribution in [0, 0.1) is 0 Å². The maximum absolute atomic E-state index is 13.0. The van der Waals surface area contributed by atoms with Crippen LogP contribution in [-0.4, -0.2) is 40.7 Å². The number of halogens is 3. The fourth-order valence-corrected chi connectivity index (χ4v) is 3.04. The number of aromatic hydroxyl groups is 1. The van der Waals surface area contributed by atoms with Crippen molar-refractivity contribution in [2.45, 2.75) is 25.1 Å². The van der Waals surface area contributed by atoms with E-state index in [1.54, 1.807) is 0 Å². The molecule has 4 N–H and O–H groups in total. The number of alkyl halides is 3. The Labute approximate surface area is 176 Å². The number of aromatic nitrogens is 6. The molecule has 1 aromatic carbocycles. The Kier molecular flexibility index (Phi) is 4.46. The van der Waals surface area contributed by atoms with E-state index < -0.39 is 17.4 Å². The average Bonchev–Trinajstić information content (AvgIpc) is 3.36. The summed E-state index contributed by atoms with van der Waals surface area (Å²) in [5.41, 5.74) is -0.600. The van der Waals surface area contributed by atoms with Gasteiger partial charge in [0.25, 0.3) is 5.62 Å². The van der Waals surface area contributed by atoms with Gasteiger partial charge in [-0.05, 0) is 37.1 Å². The number of aromatic amines is 2. The maximum Gasteiger partial charge on any atom is 0.416 e. The Balaban J connectivity index is 1.64. The Morgan fingerprint density at radius 3 is 2.75 bits per heavy atom. The summed E-state index contributed by atoms with van der Waals surface area (Å²) in [6.45, 7) is 0. The number of hydrogen-bond acceptors (Lipinski definition) is 7. The molecule has 10 nitrogen and oxygen atoms in total. The molecule has 0 unspecified atom stereocenters. The average molecular weight is 444 g/mol. The van der Waals surface area contributed by atoms with E-state index in [1.807, 2.05) is 0 Å². The lowest BCUT2D eigenvalue weighted by atomic mass is 10.2. The highest BCUT2D eigenvalue weighted by Crippen LogP contribution is 2.31. The van der Waals surface area contributed by atoms with E-state index in [2.05, 4.69) is 35.3 Å². The summed E-state index contributed by atoms with van der Waals surface area (Å²) in [7, 11) is 0. The Hall–Kier alpha value is -4.16. The van der Waals surface area contributed by atoms with Crippen LogP contribution in [0.25, 0.3) is 11.7 Å². The molecule has 164 valence electrons. The molecule has 1 fully saturated rings. The number of rotatable bonds is 4. The predicted octanol–water partition coefficient (Wildman–Crippen LogP) is 1.22. The summed E-state index contributed by atoms with van der Waals surface area (Å²) < 4.78 is 40.5. The van der Waals surface area contributed by atoms with Crippen LogP contribution in [-0.2, 0) is 6.18 Å². The molecule has 0 radical (unpaired) electrons. The molecule has 0 spiro atoms. The molecule has 1 aliphatic carbocycles. The number of imidazole rings is 1. The van der Waals surface area contributed by atoms with Crippen molar-refractivity contribution >= 4 is 23.4 Å². The predicted molar refractivity (Wildman–Crippen MR) is 106 cm³/mol. The van der Waals surface area contributed by atoms with Crippen molar-refractivity contribution in [2.75, 3.05) is 5.32 Å².